The molecule has 0 aromatic heterocycles. The van der Waals surface area contributed by atoms with Crippen LogP contribution >= 0.6 is 0 Å². The van der Waals surface area contributed by atoms with E-state index in [1.165, 1.54) is 148 Å². The maximum atomic E-state index is 13.0. The summed E-state index contributed by atoms with van der Waals surface area (Å²) in [4.78, 5) is 13.0. The Morgan fingerprint density at radius 1 is 0.586 bits per heavy atom. The maximum absolute atomic E-state index is 13.0. The summed E-state index contributed by atoms with van der Waals surface area (Å²) in [6.45, 7) is 3.75. The molecule has 58 heavy (non-hydrogen) atoms. The number of amides is 1. The summed E-state index contributed by atoms with van der Waals surface area (Å²) in [7, 11) is 0. The molecular formula is C49H91NO8. The quantitative estimate of drug-likeness (QED) is 0.0203. The SMILES string of the molecule is CCCCC/C=C\C=C/CCCCCCCCCCCCC(=O)NC(COC1OC(CO)C(O)C(O)C1O)C(O)/C=C/CCCCCCCCCCCCCCCC. The monoisotopic (exact) mass is 822 g/mol. The van der Waals surface area contributed by atoms with Gasteiger partial charge >= 0.3 is 0 Å². The number of ether oxygens (including phenoxy) is 2. The average molecular weight is 822 g/mol. The van der Waals surface area contributed by atoms with Crippen molar-refractivity contribution in [2.24, 2.45) is 0 Å². The summed E-state index contributed by atoms with van der Waals surface area (Å²) in [5.41, 5.74) is 0. The van der Waals surface area contributed by atoms with E-state index in [9.17, 15) is 30.3 Å². The van der Waals surface area contributed by atoms with E-state index in [4.69, 9.17) is 9.47 Å². The predicted octanol–water partition coefficient (Wildman–Crippen LogP) is 10.5. The normalized spacial score (nSPS) is 21.1. The minimum atomic E-state index is -1.57. The highest BCUT2D eigenvalue weighted by atomic mass is 16.7. The van der Waals surface area contributed by atoms with Gasteiger partial charge in [-0.05, 0) is 44.9 Å². The fraction of sp³-hybridized carbons (Fsp3) is 0.857. The first kappa shape index (κ1) is 54.4. The molecule has 0 bridgehead atoms. The van der Waals surface area contributed by atoms with Crippen molar-refractivity contribution < 1.29 is 39.8 Å². The van der Waals surface area contributed by atoms with E-state index >= 15 is 0 Å². The molecule has 0 spiro atoms. The molecule has 0 aromatic rings. The molecule has 1 amide bonds. The lowest BCUT2D eigenvalue weighted by molar-refractivity contribution is -0.302. The number of hydrogen-bond donors (Lipinski definition) is 6. The van der Waals surface area contributed by atoms with Crippen molar-refractivity contribution in [2.75, 3.05) is 13.2 Å². The molecule has 9 nitrogen and oxygen atoms in total. The molecule has 1 aliphatic rings. The molecule has 1 saturated heterocycles. The summed E-state index contributed by atoms with van der Waals surface area (Å²) in [6, 6.07) is -0.805. The van der Waals surface area contributed by atoms with E-state index in [1.807, 2.05) is 6.08 Å². The van der Waals surface area contributed by atoms with Gasteiger partial charge in [-0.3, -0.25) is 4.79 Å². The van der Waals surface area contributed by atoms with Crippen LogP contribution in [0, 0.1) is 0 Å². The van der Waals surface area contributed by atoms with Crippen molar-refractivity contribution in [3.63, 3.8) is 0 Å². The van der Waals surface area contributed by atoms with Crippen molar-refractivity contribution in [3.8, 4) is 0 Å². The van der Waals surface area contributed by atoms with Crippen molar-refractivity contribution in [1.29, 1.82) is 0 Å². The number of unbranched alkanes of at least 4 members (excludes halogenated alkanes) is 27. The molecule has 1 aliphatic heterocycles. The molecule has 1 fully saturated rings. The molecule has 340 valence electrons. The number of rotatable bonds is 40. The fourth-order valence-corrected chi connectivity index (χ4v) is 7.56. The van der Waals surface area contributed by atoms with E-state index in [2.05, 4.69) is 43.5 Å². The van der Waals surface area contributed by atoms with Gasteiger partial charge in [0.1, 0.15) is 24.4 Å². The number of allylic oxidation sites excluding steroid dienone is 5. The third-order valence-corrected chi connectivity index (χ3v) is 11.5. The Hall–Kier alpha value is -1.59. The number of aliphatic hydroxyl groups excluding tert-OH is 5. The summed E-state index contributed by atoms with van der Waals surface area (Å²) >= 11 is 0. The predicted molar refractivity (Wildman–Crippen MR) is 240 cm³/mol. The number of carbonyl (C=O) groups excluding carboxylic acids is 1. The number of carbonyl (C=O) groups is 1. The van der Waals surface area contributed by atoms with Crippen molar-refractivity contribution in [2.45, 2.75) is 256 Å². The van der Waals surface area contributed by atoms with Crippen molar-refractivity contribution in [3.05, 3.63) is 36.5 Å². The largest absolute Gasteiger partial charge is 0.394 e. The molecule has 6 N–H and O–H groups in total. The van der Waals surface area contributed by atoms with Crippen LogP contribution in [0.5, 0.6) is 0 Å². The Balaban J connectivity index is 2.33. The standard InChI is InChI=1S/C49H91NO8/c1-3-5-7-9-11-13-15-17-19-21-22-23-25-27-29-31-33-35-37-39-45(53)50-42(41-57-49-48(56)47(55)46(54)44(40-51)58-49)43(52)38-36-34-32-30-28-26-24-20-18-16-14-12-10-8-6-4-2/h11,13,15,17,36,38,42-44,46-49,51-52,54-56H,3-10,12,14,16,18-35,37,39-41H2,1-2H3,(H,50,53)/b13-11-,17-15-,38-36+. The van der Waals surface area contributed by atoms with Crippen LogP contribution in [0.4, 0.5) is 0 Å². The molecule has 0 aromatic carbocycles. The summed E-state index contributed by atoms with van der Waals surface area (Å²) in [5.74, 6) is -0.181. The van der Waals surface area contributed by atoms with Gasteiger partial charge in [-0.25, -0.2) is 0 Å². The molecule has 0 aliphatic carbocycles. The Morgan fingerprint density at radius 2 is 1.00 bits per heavy atom. The second-order valence-electron chi connectivity index (χ2n) is 16.9. The van der Waals surface area contributed by atoms with Crippen LogP contribution < -0.4 is 5.32 Å². The van der Waals surface area contributed by atoms with Gasteiger partial charge in [0.05, 0.1) is 25.4 Å². The Kier molecular flexibility index (Phi) is 37.1. The molecule has 0 saturated carbocycles. The van der Waals surface area contributed by atoms with Crippen molar-refractivity contribution >= 4 is 5.91 Å². The lowest BCUT2D eigenvalue weighted by Crippen LogP contribution is -2.60. The minimum absolute atomic E-state index is 0.181. The zero-order valence-electron chi connectivity index (χ0n) is 37.3. The van der Waals surface area contributed by atoms with Gasteiger partial charge in [0.2, 0.25) is 5.91 Å². The molecular weight excluding hydrogens is 731 g/mol. The smallest absolute Gasteiger partial charge is 0.220 e. The van der Waals surface area contributed by atoms with Gasteiger partial charge in [0, 0.05) is 6.42 Å². The van der Waals surface area contributed by atoms with Gasteiger partial charge < -0.3 is 40.3 Å². The number of nitrogens with one attached hydrogen (secondary N) is 1. The minimum Gasteiger partial charge on any atom is -0.394 e. The highest BCUT2D eigenvalue weighted by Gasteiger charge is 2.44. The lowest BCUT2D eigenvalue weighted by Gasteiger charge is -2.40. The second kappa shape index (κ2) is 39.5. The molecule has 1 rings (SSSR count). The van der Waals surface area contributed by atoms with E-state index in [0.717, 1.165) is 44.9 Å². The number of aliphatic hydroxyl groups is 5. The molecule has 9 heteroatoms. The van der Waals surface area contributed by atoms with Crippen LogP contribution in [0.25, 0.3) is 0 Å². The van der Waals surface area contributed by atoms with Crippen LogP contribution in [0.2, 0.25) is 0 Å². The zero-order valence-corrected chi connectivity index (χ0v) is 37.3. The van der Waals surface area contributed by atoms with Crippen LogP contribution in [-0.2, 0) is 14.3 Å². The molecule has 0 radical (unpaired) electrons. The zero-order chi connectivity index (χ0) is 42.3. The maximum Gasteiger partial charge on any atom is 0.220 e. The van der Waals surface area contributed by atoms with Gasteiger partial charge in [-0.15, -0.1) is 0 Å². The Labute approximate surface area is 355 Å². The topological polar surface area (TPSA) is 149 Å². The van der Waals surface area contributed by atoms with Gasteiger partial charge in [0.15, 0.2) is 6.29 Å². The highest BCUT2D eigenvalue weighted by Crippen LogP contribution is 2.23. The fourth-order valence-electron chi connectivity index (χ4n) is 7.56. The Bertz CT molecular complexity index is 1000. The molecule has 1 heterocycles. The highest BCUT2D eigenvalue weighted by molar-refractivity contribution is 5.76. The first-order chi connectivity index (χ1) is 28.3. The van der Waals surface area contributed by atoms with Crippen molar-refractivity contribution in [1.82, 2.24) is 5.32 Å². The van der Waals surface area contributed by atoms with E-state index in [1.54, 1.807) is 6.08 Å². The molecule has 7 unspecified atom stereocenters. The van der Waals surface area contributed by atoms with Gasteiger partial charge in [0.25, 0.3) is 0 Å². The summed E-state index contributed by atoms with van der Waals surface area (Å²) in [6.07, 6.45) is 41.8. The first-order valence-electron chi connectivity index (χ1n) is 24.2. The van der Waals surface area contributed by atoms with Crippen LogP contribution in [0.3, 0.4) is 0 Å². The third-order valence-electron chi connectivity index (χ3n) is 11.5. The average Bonchev–Trinajstić information content (AvgIpc) is 3.22. The van der Waals surface area contributed by atoms with Crippen LogP contribution in [-0.4, -0.2) is 87.5 Å². The lowest BCUT2D eigenvalue weighted by atomic mass is 9.99. The third kappa shape index (κ3) is 29.6. The summed E-state index contributed by atoms with van der Waals surface area (Å²) < 4.78 is 11.2. The van der Waals surface area contributed by atoms with E-state index < -0.39 is 49.5 Å². The first-order valence-corrected chi connectivity index (χ1v) is 24.2. The second-order valence-corrected chi connectivity index (χ2v) is 16.9. The Morgan fingerprint density at radius 3 is 1.48 bits per heavy atom. The van der Waals surface area contributed by atoms with Crippen LogP contribution in [0.1, 0.15) is 213 Å². The number of hydrogen-bond acceptors (Lipinski definition) is 8. The van der Waals surface area contributed by atoms with E-state index in [0.29, 0.717) is 6.42 Å². The van der Waals surface area contributed by atoms with E-state index in [-0.39, 0.29) is 12.5 Å². The van der Waals surface area contributed by atoms with Gasteiger partial charge in [-0.2, -0.15) is 0 Å². The molecule has 7 atom stereocenters. The summed E-state index contributed by atoms with van der Waals surface area (Å²) in [5, 5.41) is 54.3. The van der Waals surface area contributed by atoms with Crippen LogP contribution in [0.15, 0.2) is 36.5 Å². The van der Waals surface area contributed by atoms with Gasteiger partial charge in [-0.1, -0.05) is 198 Å².